The Morgan fingerprint density at radius 3 is 2.59 bits per heavy atom. The molecule has 0 spiro atoms. The van der Waals surface area contributed by atoms with Crippen molar-refractivity contribution < 1.29 is 19.1 Å². The molecule has 0 aromatic heterocycles. The van der Waals surface area contributed by atoms with Gasteiger partial charge in [0.2, 0.25) is 0 Å². The van der Waals surface area contributed by atoms with E-state index in [1.165, 1.54) is 12.7 Å². The summed E-state index contributed by atoms with van der Waals surface area (Å²) in [4.78, 5) is 28.0. The Balaban J connectivity index is 1.90. The van der Waals surface area contributed by atoms with Crippen LogP contribution in [0.5, 0.6) is 0 Å². The Labute approximate surface area is 165 Å². The van der Waals surface area contributed by atoms with Gasteiger partial charge >= 0.3 is 12.2 Å². The van der Waals surface area contributed by atoms with Gasteiger partial charge in [0.05, 0.1) is 13.2 Å². The van der Waals surface area contributed by atoms with Crippen LogP contribution in [0.4, 0.5) is 9.59 Å². The molecule has 0 N–H and O–H groups in total. The molecule has 7 heteroatoms. The molecule has 1 saturated heterocycles. The second kappa shape index (κ2) is 7.58. The van der Waals surface area contributed by atoms with Crippen LogP contribution in [0.1, 0.15) is 56.3 Å². The highest BCUT2D eigenvalue weighted by molar-refractivity contribution is 6.30. The number of rotatable bonds is 1. The topological polar surface area (TPSA) is 59.1 Å². The lowest BCUT2D eigenvalue weighted by Gasteiger charge is -2.33. The standard InChI is InChI=1S/C20H27ClN2O4/c1-20(2,3)27-19(25)23-8-5-6-17(23)16-11-14(21)10-13-12-22(18(24)26-4)9-7-15(13)16/h10-11,17H,5-9,12H2,1-4H3. The molecule has 2 amide bonds. The zero-order valence-electron chi connectivity index (χ0n) is 16.4. The molecule has 2 heterocycles. The van der Waals surface area contributed by atoms with Gasteiger partial charge in [-0.1, -0.05) is 11.6 Å². The largest absolute Gasteiger partial charge is 0.453 e. The summed E-state index contributed by atoms with van der Waals surface area (Å²) in [5.74, 6) is 0. The van der Waals surface area contributed by atoms with Crippen LogP contribution in [0.25, 0.3) is 0 Å². The quantitative estimate of drug-likeness (QED) is 0.701. The van der Waals surface area contributed by atoms with Gasteiger partial charge in [0.25, 0.3) is 0 Å². The van der Waals surface area contributed by atoms with E-state index < -0.39 is 5.60 Å². The number of hydrogen-bond acceptors (Lipinski definition) is 4. The molecule has 6 nitrogen and oxygen atoms in total. The fourth-order valence-electron chi connectivity index (χ4n) is 3.91. The average Bonchev–Trinajstić information content (AvgIpc) is 3.08. The van der Waals surface area contributed by atoms with E-state index in [9.17, 15) is 9.59 Å². The third-order valence-electron chi connectivity index (χ3n) is 5.01. The molecule has 1 unspecified atom stereocenters. The fraction of sp³-hybridized carbons (Fsp3) is 0.600. The van der Waals surface area contributed by atoms with E-state index in [1.54, 1.807) is 4.90 Å². The van der Waals surface area contributed by atoms with Crippen molar-refractivity contribution in [3.05, 3.63) is 33.8 Å². The molecule has 2 aliphatic heterocycles. The zero-order chi connectivity index (χ0) is 19.8. The highest BCUT2D eigenvalue weighted by atomic mass is 35.5. The van der Waals surface area contributed by atoms with E-state index in [-0.39, 0.29) is 18.2 Å². The summed E-state index contributed by atoms with van der Waals surface area (Å²) in [5, 5.41) is 0.617. The van der Waals surface area contributed by atoms with Gasteiger partial charge in [0, 0.05) is 24.7 Å². The third kappa shape index (κ3) is 4.32. The number of fused-ring (bicyclic) bond motifs is 1. The van der Waals surface area contributed by atoms with Crippen molar-refractivity contribution >= 4 is 23.8 Å². The molecule has 1 atom stereocenters. The van der Waals surface area contributed by atoms with Gasteiger partial charge in [0.1, 0.15) is 5.60 Å². The first-order valence-corrected chi connectivity index (χ1v) is 9.71. The van der Waals surface area contributed by atoms with Crippen LogP contribution < -0.4 is 0 Å². The number of halogens is 1. The minimum absolute atomic E-state index is 0.0445. The molecule has 1 fully saturated rings. The summed E-state index contributed by atoms with van der Waals surface area (Å²) in [6.45, 7) is 7.35. The van der Waals surface area contributed by atoms with E-state index in [2.05, 4.69) is 0 Å². The van der Waals surface area contributed by atoms with Gasteiger partial charge in [-0.2, -0.15) is 0 Å². The van der Waals surface area contributed by atoms with Crippen molar-refractivity contribution in [2.45, 2.75) is 58.2 Å². The zero-order valence-corrected chi connectivity index (χ0v) is 17.1. The van der Waals surface area contributed by atoms with Gasteiger partial charge < -0.3 is 19.3 Å². The molecule has 0 bridgehead atoms. The number of carbonyl (C=O) groups excluding carboxylic acids is 2. The highest BCUT2D eigenvalue weighted by Crippen LogP contribution is 2.39. The highest BCUT2D eigenvalue weighted by Gasteiger charge is 2.36. The molecule has 0 aliphatic carbocycles. The predicted octanol–water partition coefficient (Wildman–Crippen LogP) is 4.54. The van der Waals surface area contributed by atoms with Crippen LogP contribution in [0.3, 0.4) is 0 Å². The number of ether oxygens (including phenoxy) is 2. The molecule has 0 radical (unpaired) electrons. The van der Waals surface area contributed by atoms with Crippen molar-refractivity contribution in [3.8, 4) is 0 Å². The van der Waals surface area contributed by atoms with Crippen LogP contribution >= 0.6 is 11.6 Å². The number of benzene rings is 1. The number of likely N-dealkylation sites (tertiary alicyclic amines) is 1. The van der Waals surface area contributed by atoms with E-state index in [1.807, 2.05) is 37.8 Å². The van der Waals surface area contributed by atoms with Gasteiger partial charge in [-0.25, -0.2) is 9.59 Å². The Morgan fingerprint density at radius 1 is 1.19 bits per heavy atom. The monoisotopic (exact) mass is 394 g/mol. The second-order valence-corrected chi connectivity index (χ2v) is 8.54. The van der Waals surface area contributed by atoms with Crippen LogP contribution in [-0.4, -0.2) is 47.8 Å². The maximum atomic E-state index is 12.7. The minimum Gasteiger partial charge on any atom is -0.453 e. The summed E-state index contributed by atoms with van der Waals surface area (Å²) in [6, 6.07) is 3.82. The molecule has 3 rings (SSSR count). The van der Waals surface area contributed by atoms with Gasteiger partial charge in [0.15, 0.2) is 0 Å². The third-order valence-corrected chi connectivity index (χ3v) is 5.23. The van der Waals surface area contributed by atoms with Crippen molar-refractivity contribution in [1.82, 2.24) is 9.80 Å². The molecule has 1 aromatic rings. The van der Waals surface area contributed by atoms with Gasteiger partial charge in [-0.15, -0.1) is 0 Å². The number of methoxy groups -OCH3 is 1. The van der Waals surface area contributed by atoms with Crippen molar-refractivity contribution in [2.75, 3.05) is 20.2 Å². The minimum atomic E-state index is -0.529. The van der Waals surface area contributed by atoms with Crippen molar-refractivity contribution in [3.63, 3.8) is 0 Å². The Kier molecular flexibility index (Phi) is 5.56. The van der Waals surface area contributed by atoms with E-state index in [0.29, 0.717) is 24.7 Å². The first kappa shape index (κ1) is 19.8. The van der Waals surface area contributed by atoms with Crippen LogP contribution in [-0.2, 0) is 22.4 Å². The van der Waals surface area contributed by atoms with E-state index in [4.69, 9.17) is 21.1 Å². The van der Waals surface area contributed by atoms with Crippen LogP contribution in [0.15, 0.2) is 12.1 Å². The summed E-state index contributed by atoms with van der Waals surface area (Å²) in [5.41, 5.74) is 2.74. The van der Waals surface area contributed by atoms with Crippen molar-refractivity contribution in [2.24, 2.45) is 0 Å². The predicted molar refractivity (Wildman–Crippen MR) is 103 cm³/mol. The molecule has 148 valence electrons. The van der Waals surface area contributed by atoms with Crippen LogP contribution in [0.2, 0.25) is 5.02 Å². The number of hydrogen-bond donors (Lipinski definition) is 0. The summed E-state index contributed by atoms with van der Waals surface area (Å²) >= 11 is 6.39. The fourth-order valence-corrected chi connectivity index (χ4v) is 4.15. The summed E-state index contributed by atoms with van der Waals surface area (Å²) in [7, 11) is 1.39. The summed E-state index contributed by atoms with van der Waals surface area (Å²) < 4.78 is 10.4. The average molecular weight is 395 g/mol. The van der Waals surface area contributed by atoms with Crippen molar-refractivity contribution in [1.29, 1.82) is 0 Å². The van der Waals surface area contributed by atoms with E-state index in [0.717, 1.165) is 30.4 Å². The number of carbonyl (C=O) groups is 2. The summed E-state index contributed by atoms with van der Waals surface area (Å²) in [6.07, 6.45) is 1.91. The molecule has 27 heavy (non-hydrogen) atoms. The van der Waals surface area contributed by atoms with Crippen LogP contribution in [0, 0.1) is 0 Å². The number of amides is 2. The van der Waals surface area contributed by atoms with Gasteiger partial charge in [-0.05, 0) is 68.9 Å². The lowest BCUT2D eigenvalue weighted by Crippen LogP contribution is -2.38. The van der Waals surface area contributed by atoms with Gasteiger partial charge in [-0.3, -0.25) is 0 Å². The normalized spacial score (nSPS) is 19.7. The Bertz CT molecular complexity index is 744. The maximum absolute atomic E-state index is 12.7. The number of nitrogens with zero attached hydrogens (tertiary/aromatic N) is 2. The lowest BCUT2D eigenvalue weighted by molar-refractivity contribution is 0.0223. The SMILES string of the molecule is COC(=O)N1CCc2c(cc(Cl)cc2C2CCCN2C(=O)OC(C)(C)C)C1. The Hall–Kier alpha value is -1.95. The molecular weight excluding hydrogens is 368 g/mol. The smallest absolute Gasteiger partial charge is 0.410 e. The second-order valence-electron chi connectivity index (χ2n) is 8.11. The molecular formula is C20H27ClN2O4. The molecule has 1 aromatic carbocycles. The first-order valence-electron chi connectivity index (χ1n) is 9.33. The first-order chi connectivity index (χ1) is 12.7. The lowest BCUT2D eigenvalue weighted by atomic mass is 9.90. The maximum Gasteiger partial charge on any atom is 0.410 e. The molecule has 0 saturated carbocycles. The Morgan fingerprint density at radius 2 is 1.93 bits per heavy atom. The molecule has 2 aliphatic rings. The van der Waals surface area contributed by atoms with E-state index >= 15 is 0 Å².